The Kier molecular flexibility index (Phi) is 16.2. The minimum Gasteiger partial charge on any atom is -0.481 e. The largest absolute Gasteiger partial charge is 0.481 e. The molecule has 0 bridgehead atoms. The van der Waals surface area contributed by atoms with Gasteiger partial charge in [0.15, 0.2) is 0 Å². The maximum atomic E-state index is 13.6. The number of carbonyl (C=O) groups is 10. The van der Waals surface area contributed by atoms with Crippen LogP contribution < -0.4 is 31.9 Å². The molecule has 7 atom stereocenters. The lowest BCUT2D eigenvalue weighted by atomic mass is 10.1. The third kappa shape index (κ3) is 13.8. The quantitative estimate of drug-likeness (QED) is 0.108. The van der Waals surface area contributed by atoms with Gasteiger partial charge in [-0.2, -0.15) is 0 Å². The number of fused-ring (bicyclic) bond motifs is 1. The minimum absolute atomic E-state index is 0.0327. The normalized spacial score (nSPS) is 27.0. The van der Waals surface area contributed by atoms with Crippen LogP contribution in [0, 0.1) is 0 Å². The average Bonchev–Trinajstić information content (AvgIpc) is 3.52. The van der Waals surface area contributed by atoms with Crippen LogP contribution in [0.2, 0.25) is 0 Å². The van der Waals surface area contributed by atoms with Crippen molar-refractivity contribution in [1.29, 1.82) is 0 Å². The fraction of sp³-hybridized carbons (Fsp3) is 0.667. The number of carboxylic acid groups (broad SMARTS) is 3. The van der Waals surface area contributed by atoms with E-state index in [0.29, 0.717) is 0 Å². The highest BCUT2D eigenvalue weighted by Crippen LogP contribution is 2.20. The molecule has 2 aliphatic rings. The first-order valence-electron chi connectivity index (χ1n) is 16.3. The van der Waals surface area contributed by atoms with Crippen LogP contribution in [0.15, 0.2) is 0 Å². The van der Waals surface area contributed by atoms with Gasteiger partial charge in [-0.15, -0.1) is 0 Å². The van der Waals surface area contributed by atoms with Gasteiger partial charge in [-0.25, -0.2) is 0 Å². The summed E-state index contributed by atoms with van der Waals surface area (Å²) < 4.78 is 0. The lowest BCUT2D eigenvalue weighted by Crippen LogP contribution is -2.59. The molecule has 21 heteroatoms. The van der Waals surface area contributed by atoms with Crippen molar-refractivity contribution >= 4 is 59.3 Å². The van der Waals surface area contributed by atoms with Gasteiger partial charge in [0.1, 0.15) is 30.2 Å². The summed E-state index contributed by atoms with van der Waals surface area (Å²) in [5.41, 5.74) is 0. The number of nitrogens with zero attached hydrogens (tertiary/aromatic N) is 1. The molecule has 284 valence electrons. The zero-order valence-corrected chi connectivity index (χ0v) is 28.1. The second-order valence-corrected chi connectivity index (χ2v) is 12.3. The summed E-state index contributed by atoms with van der Waals surface area (Å²) in [5.74, 6) is -10.4. The lowest BCUT2D eigenvalue weighted by molar-refractivity contribution is -0.146. The maximum absolute atomic E-state index is 13.6. The van der Waals surface area contributed by atoms with E-state index in [9.17, 15) is 63.3 Å². The van der Waals surface area contributed by atoms with Crippen molar-refractivity contribution in [1.82, 2.24) is 36.8 Å². The molecular weight excluding hydrogens is 682 g/mol. The summed E-state index contributed by atoms with van der Waals surface area (Å²) in [6, 6.07) is -8.48. The van der Waals surface area contributed by atoms with E-state index in [-0.39, 0.29) is 32.4 Å². The molecule has 0 aromatic carbocycles. The van der Waals surface area contributed by atoms with Crippen LogP contribution in [-0.2, 0) is 47.9 Å². The molecule has 21 nitrogen and oxygen atoms in total. The summed E-state index contributed by atoms with van der Waals surface area (Å²) in [7, 11) is 0. The first-order chi connectivity index (χ1) is 23.9. The van der Waals surface area contributed by atoms with E-state index in [1.807, 2.05) is 0 Å². The standard InChI is InChI=1S/C30H45N7O14/c1-14-12-21(40)34-18(13-24(45)46)30(51)37-11-3-4-19(37)28(49)35-17(6-8-23(43)44)27(48)36-25(15(2)38)29(50)31-10-9-20(39)33-16(26(47)32-14)5-7-22(41)42/h14-19,25,38H,3-13H2,1-2H3,(H,31,50)(H,32,47)(H,33,39)(H,34,40)(H,35,49)(H,36,48)(H,41,42)(H,43,44)(H,45,46)/t14-,15-,16+,17+,18+,19+,25+/m1/s1. The number of hydrogen-bond acceptors (Lipinski definition) is 11. The highest BCUT2D eigenvalue weighted by atomic mass is 16.4. The van der Waals surface area contributed by atoms with Gasteiger partial charge in [-0.3, -0.25) is 47.9 Å². The van der Waals surface area contributed by atoms with Gasteiger partial charge in [0.05, 0.1) is 12.5 Å². The van der Waals surface area contributed by atoms with Crippen LogP contribution in [0.25, 0.3) is 0 Å². The fourth-order valence-electron chi connectivity index (χ4n) is 5.48. The maximum Gasteiger partial charge on any atom is 0.305 e. The number of hydrogen-bond donors (Lipinski definition) is 10. The van der Waals surface area contributed by atoms with E-state index in [1.165, 1.54) is 6.92 Å². The molecular formula is C30H45N7O14. The molecule has 2 aliphatic heterocycles. The monoisotopic (exact) mass is 727 g/mol. The topological polar surface area (TPSA) is 327 Å². The molecule has 51 heavy (non-hydrogen) atoms. The third-order valence-corrected chi connectivity index (χ3v) is 8.02. The highest BCUT2D eigenvalue weighted by Gasteiger charge is 2.40. The highest BCUT2D eigenvalue weighted by molar-refractivity contribution is 5.97. The van der Waals surface area contributed by atoms with Crippen LogP contribution in [-0.4, -0.2) is 140 Å². The average molecular weight is 728 g/mol. The summed E-state index contributed by atoms with van der Waals surface area (Å²) in [6.07, 6.45) is -4.93. The fourth-order valence-corrected chi connectivity index (χ4v) is 5.48. The Bertz CT molecular complexity index is 1370. The second kappa shape index (κ2) is 19.7. The van der Waals surface area contributed by atoms with Crippen molar-refractivity contribution in [3.63, 3.8) is 0 Å². The zero-order chi connectivity index (χ0) is 38.4. The number of amides is 7. The first-order valence-corrected chi connectivity index (χ1v) is 16.3. The summed E-state index contributed by atoms with van der Waals surface area (Å²) in [4.78, 5) is 127. The van der Waals surface area contributed by atoms with E-state index < -0.39 is 140 Å². The summed E-state index contributed by atoms with van der Waals surface area (Å²) >= 11 is 0. The first kappa shape index (κ1) is 41.8. The van der Waals surface area contributed by atoms with Gasteiger partial charge in [0, 0.05) is 44.8 Å². The van der Waals surface area contributed by atoms with Gasteiger partial charge in [-0.1, -0.05) is 0 Å². The van der Waals surface area contributed by atoms with E-state index in [4.69, 9.17) is 5.11 Å². The molecule has 2 heterocycles. The van der Waals surface area contributed by atoms with Crippen LogP contribution in [0.4, 0.5) is 0 Å². The van der Waals surface area contributed by atoms with Crippen LogP contribution >= 0.6 is 0 Å². The van der Waals surface area contributed by atoms with Gasteiger partial charge >= 0.3 is 17.9 Å². The number of rotatable bonds is 9. The summed E-state index contributed by atoms with van der Waals surface area (Å²) in [5, 5.41) is 52.2. The number of nitrogens with one attached hydrogen (secondary N) is 6. The number of carboxylic acids is 3. The van der Waals surface area contributed by atoms with Crippen LogP contribution in [0.5, 0.6) is 0 Å². The van der Waals surface area contributed by atoms with Gasteiger partial charge < -0.3 is 57.2 Å². The molecule has 0 radical (unpaired) electrons. The van der Waals surface area contributed by atoms with Crippen molar-refractivity contribution < 1.29 is 68.4 Å². The zero-order valence-electron chi connectivity index (χ0n) is 28.1. The van der Waals surface area contributed by atoms with Crippen molar-refractivity contribution in [3.05, 3.63) is 0 Å². The lowest BCUT2D eigenvalue weighted by Gasteiger charge is -2.30. The van der Waals surface area contributed by atoms with Gasteiger partial charge in [-0.05, 0) is 39.5 Å². The van der Waals surface area contributed by atoms with E-state index in [2.05, 4.69) is 31.9 Å². The van der Waals surface area contributed by atoms with Crippen molar-refractivity contribution in [2.24, 2.45) is 0 Å². The number of aliphatic hydroxyl groups excluding tert-OH is 1. The van der Waals surface area contributed by atoms with Crippen molar-refractivity contribution in [2.75, 3.05) is 13.1 Å². The van der Waals surface area contributed by atoms with Gasteiger partial charge in [0.2, 0.25) is 41.4 Å². The molecule has 2 rings (SSSR count). The minimum atomic E-state index is -1.66. The summed E-state index contributed by atoms with van der Waals surface area (Å²) in [6.45, 7) is 2.16. The second-order valence-electron chi connectivity index (χ2n) is 12.3. The predicted octanol–water partition coefficient (Wildman–Crippen LogP) is -4.08. The molecule has 7 amide bonds. The third-order valence-electron chi connectivity index (χ3n) is 8.02. The molecule has 0 unspecified atom stereocenters. The number of aliphatic hydroxyl groups is 1. The Balaban J connectivity index is 2.47. The molecule has 2 saturated heterocycles. The van der Waals surface area contributed by atoms with Gasteiger partial charge in [0.25, 0.3) is 0 Å². The van der Waals surface area contributed by atoms with Crippen molar-refractivity contribution in [3.8, 4) is 0 Å². The van der Waals surface area contributed by atoms with E-state index in [0.717, 1.165) is 11.8 Å². The SMILES string of the molecule is C[C@@H]1CC(=O)N[C@@H](CC(=O)O)C(=O)N2CCC[C@H]2C(=O)N[C@@H](CCC(=O)O)C(=O)N[C@@H]([C@@H](C)O)C(=O)NCCC(=O)N[C@@H](CCC(=O)O)C(=O)N1. The predicted molar refractivity (Wildman–Crippen MR) is 170 cm³/mol. The Labute approximate surface area is 291 Å². The number of aliphatic carboxylic acids is 3. The van der Waals surface area contributed by atoms with Crippen LogP contribution in [0.1, 0.15) is 71.6 Å². The molecule has 0 aliphatic carbocycles. The Morgan fingerprint density at radius 3 is 1.88 bits per heavy atom. The molecule has 10 N–H and O–H groups in total. The molecule has 0 aromatic rings. The molecule has 0 spiro atoms. The van der Waals surface area contributed by atoms with E-state index in [1.54, 1.807) is 0 Å². The molecule has 0 saturated carbocycles. The Morgan fingerprint density at radius 2 is 1.31 bits per heavy atom. The smallest absolute Gasteiger partial charge is 0.305 e. The van der Waals surface area contributed by atoms with Crippen LogP contribution in [0.3, 0.4) is 0 Å². The Hall–Kier alpha value is -5.34. The molecule has 0 aromatic heterocycles. The Morgan fingerprint density at radius 1 is 0.745 bits per heavy atom. The van der Waals surface area contributed by atoms with Crippen molar-refractivity contribution in [2.45, 2.75) is 114 Å². The van der Waals surface area contributed by atoms with E-state index >= 15 is 0 Å². The number of carbonyl (C=O) groups excluding carboxylic acids is 7. The molecule has 2 fully saturated rings.